The first kappa shape index (κ1) is 16.6. The van der Waals surface area contributed by atoms with Gasteiger partial charge in [0.1, 0.15) is 0 Å². The zero-order valence-corrected chi connectivity index (χ0v) is 15.0. The minimum atomic E-state index is -0.567. The molecule has 1 fully saturated rings. The Morgan fingerprint density at radius 1 is 1.12 bits per heavy atom. The van der Waals surface area contributed by atoms with E-state index in [-0.39, 0.29) is 18.4 Å². The van der Waals surface area contributed by atoms with Gasteiger partial charge in [0.2, 0.25) is 5.78 Å². The lowest BCUT2D eigenvalue weighted by Crippen LogP contribution is -2.26. The normalized spacial score (nSPS) is 15.0. The molecule has 4 rings (SSSR count). The Kier molecular flexibility index (Phi) is 3.91. The Balaban J connectivity index is 1.50. The van der Waals surface area contributed by atoms with Crippen molar-refractivity contribution in [3.8, 4) is 0 Å². The Labute approximate surface area is 152 Å². The number of benzene rings is 2. The number of hydrogen-bond acceptors (Lipinski definition) is 3. The van der Waals surface area contributed by atoms with Crippen LogP contribution in [0.15, 0.2) is 48.7 Å². The Hall–Kier alpha value is -2.88. The summed E-state index contributed by atoms with van der Waals surface area (Å²) in [5.41, 5.74) is 4.05. The van der Waals surface area contributed by atoms with Crippen LogP contribution in [-0.4, -0.2) is 23.3 Å². The summed E-state index contributed by atoms with van der Waals surface area (Å²) < 4.78 is 5.44. The molecule has 1 saturated carbocycles. The van der Waals surface area contributed by atoms with Gasteiger partial charge in [-0.25, -0.2) is 0 Å². The predicted octanol–water partition coefficient (Wildman–Crippen LogP) is 4.24. The molecule has 1 N–H and O–H groups in total. The number of hydrogen-bond donors (Lipinski definition) is 1. The highest BCUT2D eigenvalue weighted by atomic mass is 16.5. The lowest BCUT2D eigenvalue weighted by Gasteiger charge is -2.15. The molecule has 0 radical (unpaired) electrons. The van der Waals surface area contributed by atoms with E-state index in [0.717, 1.165) is 40.4 Å². The molecule has 1 aromatic heterocycles. The van der Waals surface area contributed by atoms with Gasteiger partial charge in [-0.2, -0.15) is 0 Å². The fourth-order valence-electron chi connectivity index (χ4n) is 3.61. The molecule has 4 heteroatoms. The second kappa shape index (κ2) is 6.13. The summed E-state index contributed by atoms with van der Waals surface area (Å²) in [6.45, 7) is 3.75. The van der Waals surface area contributed by atoms with Crippen molar-refractivity contribution in [2.24, 2.45) is 0 Å². The van der Waals surface area contributed by atoms with E-state index in [4.69, 9.17) is 4.74 Å². The van der Waals surface area contributed by atoms with Crippen molar-refractivity contribution >= 4 is 22.7 Å². The number of aromatic amines is 1. The first-order valence-corrected chi connectivity index (χ1v) is 8.85. The van der Waals surface area contributed by atoms with E-state index in [9.17, 15) is 9.59 Å². The van der Waals surface area contributed by atoms with Crippen LogP contribution in [0.5, 0.6) is 0 Å². The molecule has 4 nitrogen and oxygen atoms in total. The van der Waals surface area contributed by atoms with Gasteiger partial charge in [-0.15, -0.1) is 0 Å². The smallest absolute Gasteiger partial charge is 0.317 e. The molecule has 0 unspecified atom stereocenters. The number of Topliss-reactive ketones (excluding diaryl/α,β-unsaturated/α-hetero) is 1. The zero-order chi connectivity index (χ0) is 18.3. The number of carbonyl (C=O) groups is 2. The summed E-state index contributed by atoms with van der Waals surface area (Å²) in [5, 5.41) is 0.897. The second-order valence-electron chi connectivity index (χ2n) is 7.15. The van der Waals surface area contributed by atoms with E-state index in [1.807, 2.05) is 56.3 Å². The largest absolute Gasteiger partial charge is 0.457 e. The number of esters is 1. The van der Waals surface area contributed by atoms with Crippen molar-refractivity contribution in [3.05, 3.63) is 70.9 Å². The third kappa shape index (κ3) is 2.71. The standard InChI is InChI=1S/C22H21NO3/c1-14-5-3-7-16(11-14)22(9-10-22)21(25)26-13-19(24)17-12-23-18-8-4-6-15(2)20(17)18/h3-8,11-12,23H,9-10,13H2,1-2H3. The van der Waals surface area contributed by atoms with Crippen molar-refractivity contribution in [2.45, 2.75) is 32.1 Å². The quantitative estimate of drug-likeness (QED) is 0.555. The number of rotatable bonds is 5. The fraction of sp³-hybridized carbons (Fsp3) is 0.273. The number of H-pyrrole nitrogens is 1. The number of aromatic nitrogens is 1. The van der Waals surface area contributed by atoms with E-state index >= 15 is 0 Å². The molecule has 2 aromatic carbocycles. The number of aryl methyl sites for hydroxylation is 2. The van der Waals surface area contributed by atoms with Gasteiger partial charge >= 0.3 is 5.97 Å². The van der Waals surface area contributed by atoms with E-state index < -0.39 is 5.41 Å². The number of fused-ring (bicyclic) bond motifs is 1. The molecule has 1 heterocycles. The number of ketones is 1. The monoisotopic (exact) mass is 347 g/mol. The van der Waals surface area contributed by atoms with Crippen LogP contribution in [0.3, 0.4) is 0 Å². The van der Waals surface area contributed by atoms with Crippen LogP contribution >= 0.6 is 0 Å². The van der Waals surface area contributed by atoms with Crippen LogP contribution < -0.4 is 0 Å². The highest BCUT2D eigenvalue weighted by molar-refractivity contribution is 6.10. The lowest BCUT2D eigenvalue weighted by atomic mass is 9.95. The van der Waals surface area contributed by atoms with Crippen molar-refractivity contribution in [3.63, 3.8) is 0 Å². The van der Waals surface area contributed by atoms with Gasteiger partial charge in [0.05, 0.1) is 5.41 Å². The fourth-order valence-corrected chi connectivity index (χ4v) is 3.61. The van der Waals surface area contributed by atoms with Gasteiger partial charge < -0.3 is 9.72 Å². The molecule has 0 spiro atoms. The zero-order valence-electron chi connectivity index (χ0n) is 15.0. The summed E-state index contributed by atoms with van der Waals surface area (Å²) in [6.07, 6.45) is 3.24. The van der Waals surface area contributed by atoms with Gasteiger partial charge in [0.25, 0.3) is 0 Å². The molecular formula is C22H21NO3. The third-order valence-corrected chi connectivity index (χ3v) is 5.26. The SMILES string of the molecule is Cc1cccc(C2(C(=O)OCC(=O)c3c[nH]c4cccc(C)c34)CC2)c1. The number of ether oxygens (including phenoxy) is 1. The molecule has 3 aromatic rings. The van der Waals surface area contributed by atoms with Crippen LogP contribution in [-0.2, 0) is 14.9 Å². The van der Waals surface area contributed by atoms with Gasteiger partial charge in [-0.1, -0.05) is 42.0 Å². The van der Waals surface area contributed by atoms with E-state index in [1.165, 1.54) is 0 Å². The highest BCUT2D eigenvalue weighted by Gasteiger charge is 2.52. The Morgan fingerprint density at radius 3 is 2.62 bits per heavy atom. The molecule has 0 saturated heterocycles. The number of nitrogens with one attached hydrogen (secondary N) is 1. The molecule has 1 aliphatic rings. The minimum absolute atomic E-state index is 0.182. The second-order valence-corrected chi connectivity index (χ2v) is 7.15. The van der Waals surface area contributed by atoms with E-state index in [2.05, 4.69) is 4.98 Å². The van der Waals surface area contributed by atoms with Crippen molar-refractivity contribution in [1.82, 2.24) is 4.98 Å². The number of carbonyl (C=O) groups excluding carboxylic acids is 2. The highest BCUT2D eigenvalue weighted by Crippen LogP contribution is 2.49. The summed E-state index contributed by atoms with van der Waals surface area (Å²) in [4.78, 5) is 28.4. The first-order chi connectivity index (χ1) is 12.5. The molecular weight excluding hydrogens is 326 g/mol. The van der Waals surface area contributed by atoms with Crippen LogP contribution in [0, 0.1) is 13.8 Å². The Morgan fingerprint density at radius 2 is 1.88 bits per heavy atom. The topological polar surface area (TPSA) is 59.2 Å². The predicted molar refractivity (Wildman–Crippen MR) is 100 cm³/mol. The van der Waals surface area contributed by atoms with E-state index in [1.54, 1.807) is 6.20 Å². The molecule has 26 heavy (non-hydrogen) atoms. The summed E-state index contributed by atoms with van der Waals surface area (Å²) in [5.74, 6) is -0.480. The minimum Gasteiger partial charge on any atom is -0.457 e. The molecule has 0 amide bonds. The average molecular weight is 347 g/mol. The van der Waals surface area contributed by atoms with Gasteiger partial charge in [-0.05, 0) is 43.9 Å². The maximum atomic E-state index is 12.7. The molecule has 132 valence electrons. The maximum absolute atomic E-state index is 12.7. The summed E-state index contributed by atoms with van der Waals surface area (Å²) in [7, 11) is 0. The van der Waals surface area contributed by atoms with Gasteiger partial charge in [0.15, 0.2) is 6.61 Å². The Bertz CT molecular complexity index is 1010. The molecule has 0 bridgehead atoms. The first-order valence-electron chi connectivity index (χ1n) is 8.85. The van der Waals surface area contributed by atoms with Crippen LogP contribution in [0.1, 0.15) is 39.9 Å². The molecule has 0 aliphatic heterocycles. The molecule has 1 aliphatic carbocycles. The van der Waals surface area contributed by atoms with Crippen molar-refractivity contribution in [1.29, 1.82) is 0 Å². The molecule has 0 atom stereocenters. The average Bonchev–Trinajstić information content (AvgIpc) is 3.33. The summed E-state index contributed by atoms with van der Waals surface area (Å²) >= 11 is 0. The summed E-state index contributed by atoms with van der Waals surface area (Å²) in [6, 6.07) is 13.8. The third-order valence-electron chi connectivity index (χ3n) is 5.26. The van der Waals surface area contributed by atoms with Crippen LogP contribution in [0.2, 0.25) is 0 Å². The van der Waals surface area contributed by atoms with E-state index in [0.29, 0.717) is 5.56 Å². The van der Waals surface area contributed by atoms with Crippen molar-refractivity contribution in [2.75, 3.05) is 6.61 Å². The van der Waals surface area contributed by atoms with Gasteiger partial charge in [0, 0.05) is 22.7 Å². The van der Waals surface area contributed by atoms with Crippen molar-refractivity contribution < 1.29 is 14.3 Å². The lowest BCUT2D eigenvalue weighted by molar-refractivity contribution is -0.145. The van der Waals surface area contributed by atoms with Crippen LogP contribution in [0.4, 0.5) is 0 Å². The van der Waals surface area contributed by atoms with Gasteiger partial charge in [-0.3, -0.25) is 9.59 Å². The maximum Gasteiger partial charge on any atom is 0.317 e. The van der Waals surface area contributed by atoms with Crippen LogP contribution in [0.25, 0.3) is 10.9 Å².